The molecule has 0 fully saturated rings. The third-order valence-electron chi connectivity index (χ3n) is 2.83. The van der Waals surface area contributed by atoms with Crippen LogP contribution in [-0.4, -0.2) is 12.6 Å². The maximum Gasteiger partial charge on any atom is 0.342 e. The molecular formula is C17H15NO3. The molecule has 0 aliphatic heterocycles. The van der Waals surface area contributed by atoms with Gasteiger partial charge in [-0.3, -0.25) is 0 Å². The van der Waals surface area contributed by atoms with Gasteiger partial charge in [0.05, 0.1) is 18.2 Å². The van der Waals surface area contributed by atoms with E-state index in [1.165, 1.54) is 0 Å². The first kappa shape index (κ1) is 14.6. The predicted octanol–water partition coefficient (Wildman–Crippen LogP) is 3.31. The summed E-state index contributed by atoms with van der Waals surface area (Å²) < 4.78 is 10.7. The lowest BCUT2D eigenvalue weighted by atomic mass is 10.1. The Bertz CT molecular complexity index is 674. The molecule has 4 nitrogen and oxygen atoms in total. The molecule has 4 heteroatoms. The van der Waals surface area contributed by atoms with Gasteiger partial charge in [-0.05, 0) is 36.8 Å². The van der Waals surface area contributed by atoms with E-state index < -0.39 is 5.97 Å². The third-order valence-corrected chi connectivity index (χ3v) is 2.83. The van der Waals surface area contributed by atoms with Crippen LogP contribution in [0.25, 0.3) is 0 Å². The second kappa shape index (κ2) is 7.11. The molecule has 0 saturated heterocycles. The van der Waals surface area contributed by atoms with E-state index in [1.807, 2.05) is 13.0 Å². The lowest BCUT2D eigenvalue weighted by Gasteiger charge is -2.10. The molecular weight excluding hydrogens is 266 g/mol. The van der Waals surface area contributed by atoms with Gasteiger partial charge in [0.1, 0.15) is 17.9 Å². The summed E-state index contributed by atoms with van der Waals surface area (Å²) in [5.74, 6) is 0.0668. The molecule has 0 bridgehead atoms. The van der Waals surface area contributed by atoms with Crippen molar-refractivity contribution in [3.8, 4) is 11.8 Å². The lowest BCUT2D eigenvalue weighted by molar-refractivity contribution is 0.0468. The van der Waals surface area contributed by atoms with Crippen LogP contribution in [0.5, 0.6) is 5.75 Å². The van der Waals surface area contributed by atoms with E-state index in [-0.39, 0.29) is 6.61 Å². The van der Waals surface area contributed by atoms with Crippen molar-refractivity contribution in [2.24, 2.45) is 0 Å². The number of carbonyl (C=O) groups is 1. The van der Waals surface area contributed by atoms with Gasteiger partial charge in [0.25, 0.3) is 0 Å². The zero-order chi connectivity index (χ0) is 15.1. The van der Waals surface area contributed by atoms with E-state index in [1.54, 1.807) is 42.5 Å². The van der Waals surface area contributed by atoms with Crippen molar-refractivity contribution < 1.29 is 14.3 Å². The number of hydrogen-bond donors (Lipinski definition) is 0. The normalized spacial score (nSPS) is 9.71. The summed E-state index contributed by atoms with van der Waals surface area (Å²) in [5.41, 5.74) is 1.71. The Morgan fingerprint density at radius 1 is 1.19 bits per heavy atom. The average molecular weight is 281 g/mol. The topological polar surface area (TPSA) is 59.3 Å². The fourth-order valence-corrected chi connectivity index (χ4v) is 1.87. The molecule has 21 heavy (non-hydrogen) atoms. The van der Waals surface area contributed by atoms with Crippen molar-refractivity contribution in [3.05, 3.63) is 65.2 Å². The molecule has 0 spiro atoms. The number of para-hydroxylation sites is 1. The van der Waals surface area contributed by atoms with Gasteiger partial charge in [-0.15, -0.1) is 0 Å². The Kier molecular flexibility index (Phi) is 4.94. The molecule has 0 heterocycles. The molecule has 0 N–H and O–H groups in total. The van der Waals surface area contributed by atoms with Crippen LogP contribution in [-0.2, 0) is 11.3 Å². The number of hydrogen-bond acceptors (Lipinski definition) is 4. The number of esters is 1. The molecule has 106 valence electrons. The Balaban J connectivity index is 2.06. The highest BCUT2D eigenvalue weighted by Gasteiger charge is 2.13. The first-order chi connectivity index (χ1) is 10.2. The Labute approximate surface area is 123 Å². The highest BCUT2D eigenvalue weighted by molar-refractivity contribution is 5.92. The van der Waals surface area contributed by atoms with Crippen LogP contribution in [0.15, 0.2) is 48.5 Å². The Morgan fingerprint density at radius 3 is 2.76 bits per heavy atom. The van der Waals surface area contributed by atoms with Crippen LogP contribution >= 0.6 is 0 Å². The SMILES string of the molecule is CCOc1ccccc1C(=O)OCc1cccc(C#N)c1. The van der Waals surface area contributed by atoms with Crippen molar-refractivity contribution in [1.82, 2.24) is 0 Å². The van der Waals surface area contributed by atoms with Crippen LogP contribution in [0.2, 0.25) is 0 Å². The van der Waals surface area contributed by atoms with Crippen molar-refractivity contribution in [3.63, 3.8) is 0 Å². The Morgan fingerprint density at radius 2 is 2.00 bits per heavy atom. The van der Waals surface area contributed by atoms with Crippen molar-refractivity contribution in [2.45, 2.75) is 13.5 Å². The highest BCUT2D eigenvalue weighted by atomic mass is 16.5. The molecule has 2 rings (SSSR count). The quantitative estimate of drug-likeness (QED) is 0.789. The van der Waals surface area contributed by atoms with Crippen LogP contribution < -0.4 is 4.74 Å². The van der Waals surface area contributed by atoms with Gasteiger partial charge in [-0.2, -0.15) is 5.26 Å². The Hall–Kier alpha value is -2.80. The second-order valence-electron chi connectivity index (χ2n) is 4.32. The first-order valence-corrected chi connectivity index (χ1v) is 6.62. The summed E-state index contributed by atoms with van der Waals surface area (Å²) in [6.07, 6.45) is 0. The third kappa shape index (κ3) is 3.83. The summed E-state index contributed by atoms with van der Waals surface area (Å²) in [4.78, 5) is 12.1. The first-order valence-electron chi connectivity index (χ1n) is 6.62. The van der Waals surface area contributed by atoms with Crippen molar-refractivity contribution >= 4 is 5.97 Å². The van der Waals surface area contributed by atoms with Gasteiger partial charge in [0.15, 0.2) is 0 Å². The molecule has 0 amide bonds. The van der Waals surface area contributed by atoms with Crippen LogP contribution in [0, 0.1) is 11.3 Å². The van der Waals surface area contributed by atoms with E-state index in [0.29, 0.717) is 23.5 Å². The summed E-state index contributed by atoms with van der Waals surface area (Å²) in [5, 5.41) is 8.84. The van der Waals surface area contributed by atoms with Gasteiger partial charge < -0.3 is 9.47 Å². The van der Waals surface area contributed by atoms with Crippen LogP contribution in [0.1, 0.15) is 28.4 Å². The molecule has 0 unspecified atom stereocenters. The van der Waals surface area contributed by atoms with Crippen LogP contribution in [0.4, 0.5) is 0 Å². The van der Waals surface area contributed by atoms with Crippen molar-refractivity contribution in [2.75, 3.05) is 6.61 Å². The number of benzene rings is 2. The van der Waals surface area contributed by atoms with Gasteiger partial charge in [-0.25, -0.2) is 4.79 Å². The van der Waals surface area contributed by atoms with Crippen molar-refractivity contribution in [1.29, 1.82) is 5.26 Å². The fourth-order valence-electron chi connectivity index (χ4n) is 1.87. The van der Waals surface area contributed by atoms with E-state index in [2.05, 4.69) is 6.07 Å². The van der Waals surface area contributed by atoms with E-state index in [4.69, 9.17) is 14.7 Å². The minimum Gasteiger partial charge on any atom is -0.493 e. The maximum absolute atomic E-state index is 12.1. The molecule has 0 aromatic heterocycles. The lowest BCUT2D eigenvalue weighted by Crippen LogP contribution is -2.08. The molecule has 0 saturated carbocycles. The number of ether oxygens (including phenoxy) is 2. The molecule has 0 aliphatic rings. The second-order valence-corrected chi connectivity index (χ2v) is 4.32. The van der Waals surface area contributed by atoms with Gasteiger partial charge in [0.2, 0.25) is 0 Å². The van der Waals surface area contributed by atoms with E-state index >= 15 is 0 Å². The molecule has 0 radical (unpaired) electrons. The largest absolute Gasteiger partial charge is 0.493 e. The number of nitriles is 1. The highest BCUT2D eigenvalue weighted by Crippen LogP contribution is 2.19. The summed E-state index contributed by atoms with van der Waals surface area (Å²) in [6.45, 7) is 2.46. The number of carbonyl (C=O) groups excluding carboxylic acids is 1. The number of nitrogens with zero attached hydrogens (tertiary/aromatic N) is 1. The maximum atomic E-state index is 12.1. The fraction of sp³-hybridized carbons (Fsp3) is 0.176. The van der Waals surface area contributed by atoms with E-state index in [9.17, 15) is 4.79 Å². The molecule has 2 aromatic carbocycles. The zero-order valence-electron chi connectivity index (χ0n) is 11.7. The van der Waals surface area contributed by atoms with Gasteiger partial charge in [0, 0.05) is 0 Å². The summed E-state index contributed by atoms with van der Waals surface area (Å²) >= 11 is 0. The zero-order valence-corrected chi connectivity index (χ0v) is 11.7. The van der Waals surface area contributed by atoms with Gasteiger partial charge in [-0.1, -0.05) is 24.3 Å². The standard InChI is InChI=1S/C17H15NO3/c1-2-20-16-9-4-3-8-15(16)17(19)21-12-14-7-5-6-13(10-14)11-18/h3-10H,2,12H2,1H3. The molecule has 0 aliphatic carbocycles. The minimum atomic E-state index is -0.443. The van der Waals surface area contributed by atoms with Crippen LogP contribution in [0.3, 0.4) is 0 Å². The van der Waals surface area contributed by atoms with Gasteiger partial charge >= 0.3 is 5.97 Å². The summed E-state index contributed by atoms with van der Waals surface area (Å²) in [7, 11) is 0. The molecule has 2 aromatic rings. The molecule has 0 atom stereocenters. The van der Waals surface area contributed by atoms with E-state index in [0.717, 1.165) is 5.56 Å². The smallest absolute Gasteiger partial charge is 0.342 e. The predicted molar refractivity (Wildman–Crippen MR) is 77.9 cm³/mol. The minimum absolute atomic E-state index is 0.120. The summed E-state index contributed by atoms with van der Waals surface area (Å²) in [6, 6.07) is 16.0. The monoisotopic (exact) mass is 281 g/mol. The average Bonchev–Trinajstić information content (AvgIpc) is 2.53. The number of rotatable bonds is 5.